The number of phenolic OH excluding ortho intramolecular Hbond substituents is 1. The third-order valence-electron chi connectivity index (χ3n) is 7.23. The molecule has 1 N–H and O–H groups in total. The van der Waals surface area contributed by atoms with Gasteiger partial charge in [-0.3, -0.25) is 0 Å². The molecular formula is C33H52OS2. The van der Waals surface area contributed by atoms with Crippen LogP contribution in [0.3, 0.4) is 0 Å². The van der Waals surface area contributed by atoms with Crippen LogP contribution in [-0.2, 0) is 16.9 Å². The van der Waals surface area contributed by atoms with Crippen molar-refractivity contribution >= 4 is 23.5 Å². The van der Waals surface area contributed by atoms with Crippen LogP contribution in [0.15, 0.2) is 42.5 Å². The second kappa shape index (κ2) is 18.2. The first kappa shape index (κ1) is 31.2. The normalized spacial score (nSPS) is 11.8. The maximum atomic E-state index is 11.4. The van der Waals surface area contributed by atoms with Gasteiger partial charge in [0.25, 0.3) is 0 Å². The summed E-state index contributed by atoms with van der Waals surface area (Å²) in [6.45, 7) is 9.05. The summed E-state index contributed by atoms with van der Waals surface area (Å²) in [5, 5.41) is 11.4. The van der Waals surface area contributed by atoms with Crippen LogP contribution < -0.4 is 0 Å². The highest BCUT2D eigenvalue weighted by Crippen LogP contribution is 2.41. The predicted octanol–water partition coefficient (Wildman–Crippen LogP) is 10.9. The minimum atomic E-state index is -0.232. The fourth-order valence-electron chi connectivity index (χ4n) is 4.78. The molecule has 0 aliphatic heterocycles. The first-order valence-electron chi connectivity index (χ1n) is 14.6. The quantitative estimate of drug-likeness (QED) is 0.173. The first-order valence-corrected chi connectivity index (χ1v) is 16.9. The lowest BCUT2D eigenvalue weighted by Gasteiger charge is -2.28. The smallest absolute Gasteiger partial charge is 0.123 e. The van der Waals surface area contributed by atoms with E-state index in [1.54, 1.807) is 0 Å². The van der Waals surface area contributed by atoms with E-state index in [1.165, 1.54) is 99.7 Å². The molecule has 0 aliphatic rings. The molecule has 0 amide bonds. The molecule has 36 heavy (non-hydrogen) atoms. The Kier molecular flexibility index (Phi) is 15.8. The van der Waals surface area contributed by atoms with Gasteiger partial charge in [0.2, 0.25) is 0 Å². The molecule has 0 saturated carbocycles. The van der Waals surface area contributed by atoms with Crippen LogP contribution in [-0.4, -0.2) is 16.6 Å². The highest BCUT2D eigenvalue weighted by Gasteiger charge is 2.28. The van der Waals surface area contributed by atoms with Crippen molar-refractivity contribution in [3.05, 3.63) is 64.7 Å². The molecule has 0 spiro atoms. The Bertz CT molecular complexity index is 831. The molecular weight excluding hydrogens is 476 g/mol. The van der Waals surface area contributed by atoms with Crippen LogP contribution in [0.1, 0.15) is 127 Å². The van der Waals surface area contributed by atoms with E-state index in [9.17, 15) is 5.11 Å². The van der Waals surface area contributed by atoms with Crippen molar-refractivity contribution in [1.82, 2.24) is 0 Å². The van der Waals surface area contributed by atoms with Crippen molar-refractivity contribution in [1.29, 1.82) is 0 Å². The minimum absolute atomic E-state index is 0.232. The average molecular weight is 529 g/mol. The zero-order valence-corrected chi connectivity index (χ0v) is 25.3. The summed E-state index contributed by atoms with van der Waals surface area (Å²) in [6.07, 6.45) is 16.2. The number of benzene rings is 2. The van der Waals surface area contributed by atoms with Gasteiger partial charge in [-0.05, 0) is 35.5 Å². The van der Waals surface area contributed by atoms with E-state index < -0.39 is 0 Å². The number of rotatable bonds is 20. The van der Waals surface area contributed by atoms with Crippen LogP contribution in [0.25, 0.3) is 0 Å². The largest absolute Gasteiger partial charge is 0.507 e. The lowest BCUT2D eigenvalue weighted by atomic mass is 9.76. The summed E-state index contributed by atoms with van der Waals surface area (Å²) in [7, 11) is 0. The third-order valence-corrected chi connectivity index (χ3v) is 9.44. The van der Waals surface area contributed by atoms with Crippen molar-refractivity contribution in [2.75, 3.05) is 11.5 Å². The van der Waals surface area contributed by atoms with Crippen LogP contribution in [0.5, 0.6) is 5.75 Å². The van der Waals surface area contributed by atoms with Crippen molar-refractivity contribution in [3.8, 4) is 5.75 Å². The Morgan fingerprint density at radius 2 is 1.19 bits per heavy atom. The Morgan fingerprint density at radius 1 is 0.667 bits per heavy atom. The maximum Gasteiger partial charge on any atom is 0.123 e. The summed E-state index contributed by atoms with van der Waals surface area (Å²) in [4.78, 5) is 0. The van der Waals surface area contributed by atoms with Gasteiger partial charge in [-0.1, -0.05) is 134 Å². The second-order valence-electron chi connectivity index (χ2n) is 10.8. The van der Waals surface area contributed by atoms with Gasteiger partial charge in [0.1, 0.15) is 5.75 Å². The molecule has 2 aromatic rings. The molecule has 0 aromatic heterocycles. The molecule has 0 radical (unpaired) electrons. The summed E-state index contributed by atoms with van der Waals surface area (Å²) in [5.41, 5.74) is 4.56. The van der Waals surface area contributed by atoms with Gasteiger partial charge < -0.3 is 5.11 Å². The number of hydrogen-bond donors (Lipinski definition) is 1. The molecule has 0 heterocycles. The van der Waals surface area contributed by atoms with Crippen molar-refractivity contribution in [2.45, 2.75) is 122 Å². The lowest BCUT2D eigenvalue weighted by molar-refractivity contribution is 0.448. The third kappa shape index (κ3) is 11.1. The Balaban J connectivity index is 2.03. The van der Waals surface area contributed by atoms with Gasteiger partial charge in [0.15, 0.2) is 0 Å². The van der Waals surface area contributed by atoms with E-state index in [0.717, 1.165) is 22.6 Å². The molecule has 2 rings (SSSR count). The Labute approximate surface area is 231 Å². The monoisotopic (exact) mass is 528 g/mol. The molecule has 2 aromatic carbocycles. The standard InChI is InChI=1S/C33H52OS2/c1-5-7-9-11-13-18-22-35-26-28-24-29(27-36-23-19-14-12-10-8-6-2)32(34)31(25-28)33(3,4)30-20-16-15-17-21-30/h15-17,20-21,24-25,34H,5-14,18-19,22-23,26-27H2,1-4H3. The SMILES string of the molecule is CCCCCCCCSCc1cc(CSCCCCCCCC)c(O)c(C(C)(C)c2ccccc2)c1. The van der Waals surface area contributed by atoms with E-state index in [2.05, 4.69) is 81.9 Å². The molecule has 0 fully saturated rings. The molecule has 0 unspecified atom stereocenters. The zero-order valence-electron chi connectivity index (χ0n) is 23.6. The summed E-state index contributed by atoms with van der Waals surface area (Å²) >= 11 is 4.04. The fraction of sp³-hybridized carbons (Fsp3) is 0.636. The van der Waals surface area contributed by atoms with E-state index in [-0.39, 0.29) is 5.41 Å². The molecule has 202 valence electrons. The van der Waals surface area contributed by atoms with Gasteiger partial charge in [-0.15, -0.1) is 0 Å². The topological polar surface area (TPSA) is 20.2 Å². The van der Waals surface area contributed by atoms with Crippen LogP contribution in [0.2, 0.25) is 0 Å². The number of aromatic hydroxyl groups is 1. The van der Waals surface area contributed by atoms with E-state index in [1.807, 2.05) is 11.8 Å². The van der Waals surface area contributed by atoms with Crippen LogP contribution in [0, 0.1) is 0 Å². The molecule has 0 bridgehead atoms. The second-order valence-corrected chi connectivity index (χ2v) is 13.0. The van der Waals surface area contributed by atoms with Gasteiger partial charge in [0, 0.05) is 28.0 Å². The number of hydrogen-bond acceptors (Lipinski definition) is 3. The number of thioether (sulfide) groups is 2. The van der Waals surface area contributed by atoms with Crippen molar-refractivity contribution in [2.24, 2.45) is 0 Å². The zero-order chi connectivity index (χ0) is 26.1. The molecule has 0 aliphatic carbocycles. The number of unbranched alkanes of at least 4 members (excludes halogenated alkanes) is 10. The Hall–Kier alpha value is -1.06. The van der Waals surface area contributed by atoms with Crippen molar-refractivity contribution < 1.29 is 5.11 Å². The van der Waals surface area contributed by atoms with Gasteiger partial charge in [-0.2, -0.15) is 23.5 Å². The predicted molar refractivity (Wildman–Crippen MR) is 166 cm³/mol. The highest BCUT2D eigenvalue weighted by atomic mass is 32.2. The average Bonchev–Trinajstić information content (AvgIpc) is 2.89. The highest BCUT2D eigenvalue weighted by molar-refractivity contribution is 7.98. The molecule has 0 atom stereocenters. The van der Waals surface area contributed by atoms with Crippen LogP contribution >= 0.6 is 23.5 Å². The van der Waals surface area contributed by atoms with Crippen LogP contribution in [0.4, 0.5) is 0 Å². The fourth-order valence-corrected chi connectivity index (χ4v) is 6.73. The lowest BCUT2D eigenvalue weighted by Crippen LogP contribution is -2.20. The molecule has 3 heteroatoms. The minimum Gasteiger partial charge on any atom is -0.507 e. The maximum absolute atomic E-state index is 11.4. The van der Waals surface area contributed by atoms with Gasteiger partial charge in [0.05, 0.1) is 0 Å². The number of phenols is 1. The van der Waals surface area contributed by atoms with E-state index in [0.29, 0.717) is 5.75 Å². The summed E-state index contributed by atoms with van der Waals surface area (Å²) < 4.78 is 0. The van der Waals surface area contributed by atoms with E-state index in [4.69, 9.17) is 0 Å². The van der Waals surface area contributed by atoms with Gasteiger partial charge >= 0.3 is 0 Å². The van der Waals surface area contributed by atoms with Gasteiger partial charge in [-0.25, -0.2) is 0 Å². The molecule has 0 saturated heterocycles. The summed E-state index contributed by atoms with van der Waals surface area (Å²) in [6, 6.07) is 15.2. The summed E-state index contributed by atoms with van der Waals surface area (Å²) in [5.74, 6) is 4.84. The first-order chi connectivity index (χ1) is 17.5. The molecule has 1 nitrogen and oxygen atoms in total. The van der Waals surface area contributed by atoms with E-state index >= 15 is 0 Å². The van der Waals surface area contributed by atoms with Crippen molar-refractivity contribution in [3.63, 3.8) is 0 Å². The Morgan fingerprint density at radius 3 is 1.78 bits per heavy atom.